The molecule has 0 amide bonds. The molecule has 0 rings (SSSR count). The van der Waals surface area contributed by atoms with E-state index in [-0.39, 0.29) is 26.2 Å². The first-order valence-electron chi connectivity index (χ1n) is 5.73. The minimum atomic E-state index is -6.44. The molecule has 37 heteroatoms. The van der Waals surface area contributed by atoms with Gasteiger partial charge in [0.05, 0.1) is 0 Å². The molecule has 0 saturated carbocycles. The molecule has 0 aliphatic heterocycles. The van der Waals surface area contributed by atoms with Gasteiger partial charge in [0.15, 0.2) is 0 Å². The summed E-state index contributed by atoms with van der Waals surface area (Å²) in [6, 6.07) is 0. The third kappa shape index (κ3) is 73.0. The summed E-state index contributed by atoms with van der Waals surface area (Å²) in [5.74, 6) is 0. The van der Waals surface area contributed by atoms with Crippen LogP contribution < -0.4 is 15.0 Å². The Morgan fingerprint density at radius 1 is 0.378 bits per heavy atom. The van der Waals surface area contributed by atoms with Crippen molar-refractivity contribution < 1.29 is 206 Å². The van der Waals surface area contributed by atoms with Gasteiger partial charge in [-0.15, -0.1) is 0 Å². The second-order valence-electron chi connectivity index (χ2n) is 3.89. The summed E-state index contributed by atoms with van der Waals surface area (Å²) in [7, 11) is -20.5. The van der Waals surface area contributed by atoms with Gasteiger partial charge in [0.1, 0.15) is 0 Å². The monoisotopic (exact) mass is 1410 g/mol. The van der Waals surface area contributed by atoms with E-state index >= 15 is 0 Å². The molecule has 0 heterocycles. The van der Waals surface area contributed by atoms with E-state index in [4.69, 9.17) is 39.1 Å². The molecule has 0 bridgehead atoms. The molecule has 0 aliphatic carbocycles. The maximum absolute atomic E-state index is 9.57. The van der Waals surface area contributed by atoms with Crippen molar-refractivity contribution in [1.82, 2.24) is 0 Å². The van der Waals surface area contributed by atoms with E-state index in [9.17, 15) is 60.5 Å². The van der Waals surface area contributed by atoms with Gasteiger partial charge >= 0.3 is 237 Å². The van der Waals surface area contributed by atoms with Crippen molar-refractivity contribution in [2.45, 2.75) is 0 Å². The van der Waals surface area contributed by atoms with Crippen molar-refractivity contribution in [3.8, 4) is 0 Å². The first kappa shape index (κ1) is 49.0. The van der Waals surface area contributed by atoms with Crippen LogP contribution in [0, 0.1) is 0 Å². The first-order valence-corrected chi connectivity index (χ1v) is 31.0. The Bertz CT molecular complexity index is 1080. The van der Waals surface area contributed by atoms with Crippen LogP contribution in [0.15, 0.2) is 0 Å². The Balaban J connectivity index is -0.000000122. The summed E-state index contributed by atoms with van der Waals surface area (Å²) in [5.41, 5.74) is 0. The summed E-state index contributed by atoms with van der Waals surface area (Å²) in [5, 5.41) is 0. The van der Waals surface area contributed by atoms with Crippen molar-refractivity contribution >= 4 is 31.3 Å². The van der Waals surface area contributed by atoms with Crippen LogP contribution in [0.2, 0.25) is 0 Å². The number of phosphoric acid groups is 4. The molecule has 224 valence electrons. The normalized spacial score (nSPS) is 13.3. The van der Waals surface area contributed by atoms with Crippen LogP contribution in [0.25, 0.3) is 0 Å². The number of hydrogen-bond acceptors (Lipinski definition) is 20. The van der Waals surface area contributed by atoms with Crippen LogP contribution in [0.5, 0.6) is 0 Å². The van der Waals surface area contributed by atoms with Crippen LogP contribution >= 0.6 is 31.3 Å². The molecule has 8 N–H and O–H groups in total. The van der Waals surface area contributed by atoms with E-state index in [2.05, 4.69) is 12.7 Å². The molecule has 28 nitrogen and oxygen atoms in total. The van der Waals surface area contributed by atoms with E-state index in [0.717, 1.165) is 0 Å². The Hall–Kier alpha value is 2.32. The van der Waals surface area contributed by atoms with Gasteiger partial charge in [-0.2, -0.15) is 0 Å². The largest absolute Gasteiger partial charge is 4.00 e. The van der Waals surface area contributed by atoms with Crippen LogP contribution in [0.4, 0.5) is 0 Å². The fraction of sp³-hybridized carbons (Fsp3) is 0. The maximum atomic E-state index is 9.57. The molecular formula is H8O28P4W4Zr. The molecule has 0 saturated heterocycles. The van der Waals surface area contributed by atoms with Crippen LogP contribution in [0.1, 0.15) is 0 Å². The Morgan fingerprint density at radius 3 is 0.459 bits per heavy atom. The van der Waals surface area contributed by atoms with Crippen LogP contribution in [-0.2, 0) is 151 Å². The Labute approximate surface area is 234 Å². The molecular weight excluding hydrogens is 1400 g/mol. The van der Waals surface area contributed by atoms with Gasteiger partial charge in [-0.1, -0.05) is 0 Å². The van der Waals surface area contributed by atoms with Gasteiger partial charge < -0.3 is 0 Å². The second-order valence-corrected chi connectivity index (χ2v) is 26.6. The van der Waals surface area contributed by atoms with Gasteiger partial charge in [-0.25, -0.2) is 0 Å². The summed E-state index contributed by atoms with van der Waals surface area (Å²) >= 11 is -25.8. The fourth-order valence-corrected chi connectivity index (χ4v) is 11.7. The first-order chi connectivity index (χ1) is 14.8. The Kier molecular flexibility index (Phi) is 24.0. The molecule has 0 fully saturated rings. The van der Waals surface area contributed by atoms with Gasteiger partial charge in [-0.3, -0.25) is 0 Å². The quantitative estimate of drug-likeness (QED) is 0.105. The fourth-order valence-electron chi connectivity index (χ4n) is 0.476. The number of rotatable bonds is 8. The second kappa shape index (κ2) is 18.1. The van der Waals surface area contributed by atoms with E-state index < -0.39 is 98.3 Å². The van der Waals surface area contributed by atoms with Gasteiger partial charge in [0.25, 0.3) is 0 Å². The van der Waals surface area contributed by atoms with Crippen molar-refractivity contribution in [3.63, 3.8) is 0 Å². The molecule has 0 aromatic carbocycles. The van der Waals surface area contributed by atoms with E-state index in [0.29, 0.717) is 0 Å². The molecule has 0 radical (unpaired) electrons. The molecule has 0 atom stereocenters. The third-order valence-corrected chi connectivity index (χ3v) is 18.5. The summed E-state index contributed by atoms with van der Waals surface area (Å²) in [4.78, 5) is 61.6. The molecule has 0 aromatic rings. The molecule has 0 aromatic heterocycles. The SMILES string of the molecule is O=P(O)(O)[O][W](=[O])(=[O])[O-].O=P(O)(O)[O][W](=[O])(=[O])[O-].O=P(O)(O)[O][W](=[O])(=[O])[O-].O=P(O)(O)[O][W](=[O])(=[O])[O-].[Zr+4]. The molecule has 0 spiro atoms. The number of hydrogen-bond donors (Lipinski definition) is 8. The minimum Gasteiger partial charge on any atom is 4.00 e. The smallest absolute Gasteiger partial charge is 4.00 e. The predicted octanol–water partition coefficient (Wildman–Crippen LogP) is -7.48. The minimum absolute atomic E-state index is 0. The van der Waals surface area contributed by atoms with Crippen molar-refractivity contribution in [3.05, 3.63) is 0 Å². The average Bonchev–Trinajstić information content (AvgIpc) is 2.19. The predicted molar refractivity (Wildman–Crippen MR) is 58.0 cm³/mol. The molecule has 0 aliphatic rings. The topological polar surface area (TPSA) is 496 Å². The van der Waals surface area contributed by atoms with Crippen molar-refractivity contribution in [2.24, 2.45) is 0 Å². The standard InChI is InChI=1S/4H3O4P.12O.4W.Zr/c4*1-5(2,3)4;;;;;;;;;;;;;;;;;/h4*(H3,1,2,3,4);;;;;;;;;;;;;;;;;/q;;;;;;;;;;;;4*-1;4*+1;+4/p-4. The maximum Gasteiger partial charge on any atom is 4.00 e. The average molecular weight is 1410 g/mol. The zero-order valence-electron chi connectivity index (χ0n) is 15.7. The van der Waals surface area contributed by atoms with Crippen LogP contribution in [0.3, 0.4) is 0 Å². The van der Waals surface area contributed by atoms with E-state index in [1.807, 2.05) is 0 Å². The van der Waals surface area contributed by atoms with Crippen molar-refractivity contribution in [1.29, 1.82) is 0 Å². The zero-order valence-corrected chi connectivity index (χ0v) is 33.4. The third-order valence-electron chi connectivity index (χ3n) is 0.754. The molecule has 37 heavy (non-hydrogen) atoms. The summed E-state index contributed by atoms with van der Waals surface area (Å²) < 4.78 is 164. The van der Waals surface area contributed by atoms with Crippen LogP contribution in [-0.4, -0.2) is 39.1 Å². The van der Waals surface area contributed by atoms with Gasteiger partial charge in [0.2, 0.25) is 0 Å². The van der Waals surface area contributed by atoms with Crippen molar-refractivity contribution in [2.75, 3.05) is 0 Å². The van der Waals surface area contributed by atoms with E-state index in [1.165, 1.54) is 0 Å². The summed E-state index contributed by atoms with van der Waals surface area (Å²) in [6.07, 6.45) is 0. The Morgan fingerprint density at radius 2 is 0.459 bits per heavy atom. The van der Waals surface area contributed by atoms with E-state index in [1.54, 1.807) is 0 Å². The zero-order chi connectivity index (χ0) is 30.8. The van der Waals surface area contributed by atoms with Gasteiger partial charge in [0, 0.05) is 0 Å². The summed E-state index contributed by atoms with van der Waals surface area (Å²) in [6.45, 7) is 0. The van der Waals surface area contributed by atoms with Gasteiger partial charge in [-0.05, 0) is 0 Å². The molecule has 0 unspecified atom stereocenters.